The number of rotatable bonds is 3. The highest BCUT2D eigenvalue weighted by atomic mass is 35.5. The summed E-state index contributed by atoms with van der Waals surface area (Å²) in [5, 5.41) is 4.08. The molecule has 0 radical (unpaired) electrons. The first-order chi connectivity index (χ1) is 10.1. The average molecular weight is 343 g/mol. The van der Waals surface area contributed by atoms with Crippen molar-refractivity contribution >= 4 is 29.9 Å². The molecule has 3 N–H and O–H groups in total. The van der Waals surface area contributed by atoms with Crippen LogP contribution in [0.5, 0.6) is 0 Å². The first-order valence-electron chi connectivity index (χ1n) is 7.93. The van der Waals surface area contributed by atoms with Gasteiger partial charge in [0.25, 0.3) is 0 Å². The van der Waals surface area contributed by atoms with Crippen LogP contribution in [0.3, 0.4) is 0 Å². The third-order valence-electron chi connectivity index (χ3n) is 5.04. The molecule has 2 unspecified atom stereocenters. The van der Waals surface area contributed by atoms with Gasteiger partial charge >= 0.3 is 0 Å². The monoisotopic (exact) mass is 342 g/mol. The fourth-order valence-electron chi connectivity index (χ4n) is 3.84. The Labute approximate surface area is 143 Å². The summed E-state index contributed by atoms with van der Waals surface area (Å²) in [5.41, 5.74) is 6.85. The van der Waals surface area contributed by atoms with Crippen molar-refractivity contribution in [2.24, 2.45) is 11.7 Å². The van der Waals surface area contributed by atoms with E-state index in [0.29, 0.717) is 0 Å². The normalized spacial score (nSPS) is 26.5. The van der Waals surface area contributed by atoms with Gasteiger partial charge in [0.2, 0.25) is 5.91 Å². The van der Waals surface area contributed by atoms with Crippen LogP contribution >= 0.6 is 24.0 Å². The van der Waals surface area contributed by atoms with E-state index in [1.165, 1.54) is 0 Å². The van der Waals surface area contributed by atoms with E-state index in [0.717, 1.165) is 55.5 Å². The second-order valence-corrected chi connectivity index (χ2v) is 7.00. The molecule has 0 heterocycles. The Morgan fingerprint density at radius 2 is 2.00 bits per heavy atom. The van der Waals surface area contributed by atoms with Crippen molar-refractivity contribution in [2.75, 3.05) is 0 Å². The molecule has 0 spiro atoms. The van der Waals surface area contributed by atoms with Gasteiger partial charge in [-0.1, -0.05) is 36.6 Å². The van der Waals surface area contributed by atoms with Crippen LogP contribution in [0.2, 0.25) is 5.02 Å². The number of carbonyl (C=O) groups is 1. The van der Waals surface area contributed by atoms with Gasteiger partial charge in [-0.05, 0) is 49.8 Å². The summed E-state index contributed by atoms with van der Waals surface area (Å²) in [6, 6.07) is 8.11. The molecule has 2 atom stereocenters. The molecule has 3 nitrogen and oxygen atoms in total. The maximum absolute atomic E-state index is 12.6. The van der Waals surface area contributed by atoms with Gasteiger partial charge in [0.15, 0.2) is 0 Å². The summed E-state index contributed by atoms with van der Waals surface area (Å²) in [4.78, 5) is 12.6. The van der Waals surface area contributed by atoms with Crippen LogP contribution < -0.4 is 11.1 Å². The number of carbonyl (C=O) groups excluding carboxylic acids is 1. The van der Waals surface area contributed by atoms with Crippen LogP contribution in [-0.2, 0) is 10.3 Å². The molecule has 3 rings (SSSR count). The largest absolute Gasteiger partial charge is 0.346 e. The minimum absolute atomic E-state index is 0. The lowest BCUT2D eigenvalue weighted by molar-refractivity contribution is -0.127. The fraction of sp³-hybridized carbons (Fsp3) is 0.588. The van der Waals surface area contributed by atoms with Crippen molar-refractivity contribution in [1.29, 1.82) is 0 Å². The first-order valence-corrected chi connectivity index (χ1v) is 8.30. The van der Waals surface area contributed by atoms with E-state index in [9.17, 15) is 4.79 Å². The second-order valence-electron chi connectivity index (χ2n) is 6.56. The average Bonchev–Trinajstić information content (AvgIpc) is 3.09. The van der Waals surface area contributed by atoms with E-state index in [1.54, 1.807) is 0 Å². The number of nitrogens with one attached hydrogen (secondary N) is 1. The molecule has 1 amide bonds. The standard InChI is InChI=1S/C17H23ClN2O.ClH/c18-14-5-3-4-13(11-14)17(8-1-2-9-17)20-16(21)12-6-7-15(19)10-12;/h3-5,11-12,15H,1-2,6-10,19H2,(H,20,21);1H. The van der Waals surface area contributed by atoms with E-state index < -0.39 is 0 Å². The summed E-state index contributed by atoms with van der Waals surface area (Å²) >= 11 is 6.14. The van der Waals surface area contributed by atoms with Gasteiger partial charge < -0.3 is 11.1 Å². The number of amides is 1. The number of hydrogen-bond acceptors (Lipinski definition) is 2. The highest BCUT2D eigenvalue weighted by Gasteiger charge is 2.39. The van der Waals surface area contributed by atoms with Gasteiger partial charge in [-0.2, -0.15) is 0 Å². The molecule has 2 fully saturated rings. The molecule has 2 aliphatic carbocycles. The third-order valence-corrected chi connectivity index (χ3v) is 5.28. The number of nitrogens with two attached hydrogens (primary N) is 1. The zero-order valence-corrected chi connectivity index (χ0v) is 14.3. The highest BCUT2D eigenvalue weighted by Crippen LogP contribution is 2.40. The Kier molecular flexibility index (Phi) is 5.76. The van der Waals surface area contributed by atoms with E-state index >= 15 is 0 Å². The van der Waals surface area contributed by atoms with Crippen LogP contribution in [0.4, 0.5) is 0 Å². The summed E-state index contributed by atoms with van der Waals surface area (Å²) in [5.74, 6) is 0.251. The molecule has 0 bridgehead atoms. The molecule has 122 valence electrons. The zero-order chi connectivity index (χ0) is 14.9. The second kappa shape index (κ2) is 7.20. The molecular weight excluding hydrogens is 319 g/mol. The third kappa shape index (κ3) is 3.58. The van der Waals surface area contributed by atoms with Crippen LogP contribution in [0.1, 0.15) is 50.5 Å². The maximum atomic E-state index is 12.6. The Hall–Kier alpha value is -0.770. The molecule has 2 aliphatic rings. The summed E-state index contributed by atoms with van der Waals surface area (Å²) in [6.45, 7) is 0. The van der Waals surface area contributed by atoms with Gasteiger partial charge in [0, 0.05) is 17.0 Å². The summed E-state index contributed by atoms with van der Waals surface area (Å²) in [6.07, 6.45) is 6.99. The van der Waals surface area contributed by atoms with Crippen LogP contribution in [-0.4, -0.2) is 11.9 Å². The molecule has 22 heavy (non-hydrogen) atoms. The van der Waals surface area contributed by atoms with Gasteiger partial charge in [-0.25, -0.2) is 0 Å². The van der Waals surface area contributed by atoms with Crippen molar-refractivity contribution in [3.63, 3.8) is 0 Å². The van der Waals surface area contributed by atoms with Crippen molar-refractivity contribution in [1.82, 2.24) is 5.32 Å². The Bertz CT molecular complexity index is 529. The van der Waals surface area contributed by atoms with Crippen LogP contribution in [0.25, 0.3) is 0 Å². The van der Waals surface area contributed by atoms with Gasteiger partial charge in [-0.15, -0.1) is 12.4 Å². The molecule has 0 aliphatic heterocycles. The smallest absolute Gasteiger partial charge is 0.223 e. The minimum Gasteiger partial charge on any atom is -0.346 e. The number of benzene rings is 1. The fourth-order valence-corrected chi connectivity index (χ4v) is 4.03. The van der Waals surface area contributed by atoms with E-state index in [1.807, 2.05) is 18.2 Å². The highest BCUT2D eigenvalue weighted by molar-refractivity contribution is 6.30. The Morgan fingerprint density at radius 1 is 1.27 bits per heavy atom. The topological polar surface area (TPSA) is 55.1 Å². The first kappa shape index (κ1) is 17.6. The SMILES string of the molecule is Cl.NC1CCC(C(=O)NC2(c3cccc(Cl)c3)CCCC2)C1. The van der Waals surface area contributed by atoms with Crippen molar-refractivity contribution in [3.05, 3.63) is 34.9 Å². The van der Waals surface area contributed by atoms with Crippen LogP contribution in [0, 0.1) is 5.92 Å². The van der Waals surface area contributed by atoms with Gasteiger partial charge in [-0.3, -0.25) is 4.79 Å². The van der Waals surface area contributed by atoms with E-state index in [2.05, 4.69) is 11.4 Å². The zero-order valence-electron chi connectivity index (χ0n) is 12.7. The molecule has 0 saturated heterocycles. The lowest BCUT2D eigenvalue weighted by Crippen LogP contribution is -2.46. The van der Waals surface area contributed by atoms with Gasteiger partial charge in [0.05, 0.1) is 5.54 Å². The van der Waals surface area contributed by atoms with Crippen molar-refractivity contribution < 1.29 is 4.79 Å². The molecule has 0 aromatic heterocycles. The predicted molar refractivity (Wildman–Crippen MR) is 92.3 cm³/mol. The molecular formula is C17H24Cl2N2O. The van der Waals surface area contributed by atoms with Crippen molar-refractivity contribution in [2.45, 2.75) is 56.5 Å². The maximum Gasteiger partial charge on any atom is 0.223 e. The Balaban J connectivity index is 0.00000176. The van der Waals surface area contributed by atoms with Crippen LogP contribution in [0.15, 0.2) is 24.3 Å². The van der Waals surface area contributed by atoms with E-state index in [-0.39, 0.29) is 35.8 Å². The molecule has 2 saturated carbocycles. The lowest BCUT2D eigenvalue weighted by Gasteiger charge is -2.32. The molecule has 1 aromatic rings. The quantitative estimate of drug-likeness (QED) is 0.878. The Morgan fingerprint density at radius 3 is 2.59 bits per heavy atom. The summed E-state index contributed by atoms with van der Waals surface area (Å²) < 4.78 is 0. The minimum atomic E-state index is -0.228. The number of hydrogen-bond donors (Lipinski definition) is 2. The lowest BCUT2D eigenvalue weighted by atomic mass is 9.87. The summed E-state index contributed by atoms with van der Waals surface area (Å²) in [7, 11) is 0. The number of halogens is 2. The predicted octanol–water partition coefficient (Wildman–Crippen LogP) is 3.77. The molecule has 5 heteroatoms. The molecule has 1 aromatic carbocycles. The van der Waals surface area contributed by atoms with Gasteiger partial charge in [0.1, 0.15) is 0 Å². The van der Waals surface area contributed by atoms with E-state index in [4.69, 9.17) is 17.3 Å². The van der Waals surface area contributed by atoms with Crippen molar-refractivity contribution in [3.8, 4) is 0 Å².